The number of ether oxygens (including phenoxy) is 2. The molecule has 0 aromatic heterocycles. The summed E-state index contributed by atoms with van der Waals surface area (Å²) in [7, 11) is 1.65. The van der Waals surface area contributed by atoms with Crippen molar-refractivity contribution >= 4 is 5.91 Å². The lowest BCUT2D eigenvalue weighted by atomic mass is 10.1. The van der Waals surface area contributed by atoms with Crippen LogP contribution in [0.1, 0.15) is 39.3 Å². The van der Waals surface area contributed by atoms with Crippen LogP contribution in [0.2, 0.25) is 0 Å². The number of likely N-dealkylation sites (N-methyl/N-ethyl adjacent to an activating group) is 1. The first-order valence-corrected chi connectivity index (χ1v) is 7.49. The van der Waals surface area contributed by atoms with Crippen molar-refractivity contribution in [2.75, 3.05) is 20.3 Å². The Hall–Kier alpha value is -1.75. The lowest BCUT2D eigenvalue weighted by Crippen LogP contribution is -2.92. The first-order chi connectivity index (χ1) is 10.0. The minimum absolute atomic E-state index is 0.0258. The van der Waals surface area contributed by atoms with Crippen molar-refractivity contribution in [2.45, 2.75) is 39.8 Å². The van der Waals surface area contributed by atoms with Crippen LogP contribution in [0.5, 0.6) is 11.5 Å². The number of benzene rings is 1. The molecule has 0 aliphatic carbocycles. The van der Waals surface area contributed by atoms with E-state index in [4.69, 9.17) is 9.47 Å². The first-order valence-electron chi connectivity index (χ1n) is 7.49. The summed E-state index contributed by atoms with van der Waals surface area (Å²) in [6.07, 6.45) is 0. The van der Waals surface area contributed by atoms with E-state index in [-0.39, 0.29) is 18.0 Å². The maximum absolute atomic E-state index is 11.6. The molecule has 21 heavy (non-hydrogen) atoms. The molecule has 1 aromatic rings. The topological polar surface area (TPSA) is 64.2 Å². The molecule has 2 atom stereocenters. The highest BCUT2D eigenvalue weighted by Crippen LogP contribution is 2.29. The average molecular weight is 295 g/mol. The van der Waals surface area contributed by atoms with Gasteiger partial charge in [0.1, 0.15) is 6.04 Å². The van der Waals surface area contributed by atoms with Crippen LogP contribution in [-0.2, 0) is 4.79 Å². The number of carbonyl (C=O) groups is 1. The predicted octanol–water partition coefficient (Wildman–Crippen LogP) is 1.24. The summed E-state index contributed by atoms with van der Waals surface area (Å²) >= 11 is 0. The second kappa shape index (κ2) is 8.52. The zero-order chi connectivity index (χ0) is 15.8. The molecular formula is C16H27N2O3+. The van der Waals surface area contributed by atoms with Crippen LogP contribution in [-0.4, -0.2) is 32.2 Å². The molecule has 0 radical (unpaired) electrons. The van der Waals surface area contributed by atoms with Gasteiger partial charge >= 0.3 is 0 Å². The van der Waals surface area contributed by atoms with Crippen molar-refractivity contribution in [3.8, 4) is 11.5 Å². The second-order valence-electron chi connectivity index (χ2n) is 4.96. The van der Waals surface area contributed by atoms with E-state index in [0.29, 0.717) is 13.2 Å². The van der Waals surface area contributed by atoms with E-state index < -0.39 is 0 Å². The van der Waals surface area contributed by atoms with Gasteiger partial charge in [0.2, 0.25) is 0 Å². The molecule has 1 rings (SSSR count). The van der Waals surface area contributed by atoms with Crippen LogP contribution in [0.15, 0.2) is 18.2 Å². The average Bonchev–Trinajstić information content (AvgIpc) is 2.48. The van der Waals surface area contributed by atoms with Gasteiger partial charge in [-0.15, -0.1) is 0 Å². The van der Waals surface area contributed by atoms with E-state index in [0.717, 1.165) is 17.1 Å². The van der Waals surface area contributed by atoms with Gasteiger partial charge in [-0.1, -0.05) is 0 Å². The number of nitrogens with two attached hydrogens (primary N) is 1. The van der Waals surface area contributed by atoms with Crippen molar-refractivity contribution in [2.24, 2.45) is 0 Å². The molecule has 0 heterocycles. The highest BCUT2D eigenvalue weighted by molar-refractivity contribution is 5.79. The van der Waals surface area contributed by atoms with E-state index in [1.165, 1.54) is 0 Å². The largest absolute Gasteiger partial charge is 0.490 e. The number of nitrogens with one attached hydrogen (secondary N) is 1. The summed E-state index contributed by atoms with van der Waals surface area (Å²) in [6.45, 7) is 9.07. The Morgan fingerprint density at radius 2 is 1.81 bits per heavy atom. The van der Waals surface area contributed by atoms with Gasteiger partial charge in [0.25, 0.3) is 5.91 Å². The Morgan fingerprint density at radius 3 is 2.38 bits per heavy atom. The molecule has 0 saturated carbocycles. The van der Waals surface area contributed by atoms with Gasteiger partial charge in [-0.05, 0) is 45.9 Å². The van der Waals surface area contributed by atoms with Crippen LogP contribution in [0.25, 0.3) is 0 Å². The molecule has 0 spiro atoms. The summed E-state index contributed by atoms with van der Waals surface area (Å²) in [6, 6.07) is 5.97. The molecule has 0 bridgehead atoms. The number of carbonyl (C=O) groups excluding carboxylic acids is 1. The second-order valence-corrected chi connectivity index (χ2v) is 4.96. The molecule has 5 heteroatoms. The molecular weight excluding hydrogens is 268 g/mol. The fourth-order valence-corrected chi connectivity index (χ4v) is 2.21. The minimum Gasteiger partial charge on any atom is -0.490 e. The molecule has 0 unspecified atom stereocenters. The van der Waals surface area contributed by atoms with Gasteiger partial charge < -0.3 is 20.1 Å². The zero-order valence-electron chi connectivity index (χ0n) is 13.6. The summed E-state index contributed by atoms with van der Waals surface area (Å²) in [4.78, 5) is 11.6. The van der Waals surface area contributed by atoms with Crippen molar-refractivity contribution < 1.29 is 19.6 Å². The number of hydrogen-bond donors (Lipinski definition) is 2. The monoisotopic (exact) mass is 295 g/mol. The molecule has 1 aromatic carbocycles. The Bertz CT molecular complexity index is 463. The van der Waals surface area contributed by atoms with E-state index >= 15 is 0 Å². The zero-order valence-corrected chi connectivity index (χ0v) is 13.6. The Morgan fingerprint density at radius 1 is 1.19 bits per heavy atom. The Labute approximate surface area is 127 Å². The maximum atomic E-state index is 11.6. The third-order valence-electron chi connectivity index (χ3n) is 3.33. The molecule has 0 aliphatic heterocycles. The summed E-state index contributed by atoms with van der Waals surface area (Å²) in [5.41, 5.74) is 1.11. The van der Waals surface area contributed by atoms with E-state index in [9.17, 15) is 4.79 Å². The fraction of sp³-hybridized carbons (Fsp3) is 0.562. The van der Waals surface area contributed by atoms with Gasteiger partial charge in [0.15, 0.2) is 17.5 Å². The van der Waals surface area contributed by atoms with E-state index in [1.807, 2.05) is 44.3 Å². The number of quaternary nitrogens is 1. The normalized spacial score (nSPS) is 13.4. The molecule has 0 fully saturated rings. The highest BCUT2D eigenvalue weighted by atomic mass is 16.5. The highest BCUT2D eigenvalue weighted by Gasteiger charge is 2.20. The maximum Gasteiger partial charge on any atom is 0.277 e. The van der Waals surface area contributed by atoms with Crippen molar-refractivity contribution in [3.63, 3.8) is 0 Å². The van der Waals surface area contributed by atoms with Crippen LogP contribution in [0, 0.1) is 0 Å². The van der Waals surface area contributed by atoms with Gasteiger partial charge in [0, 0.05) is 12.6 Å². The SMILES string of the molecule is CCOc1ccc([C@@H](C)[NH2+][C@@H](C)C(=O)NC)cc1OCC. The van der Waals surface area contributed by atoms with Gasteiger partial charge in [-0.2, -0.15) is 0 Å². The number of amides is 1. The molecule has 1 amide bonds. The van der Waals surface area contributed by atoms with Gasteiger partial charge in [0.05, 0.1) is 13.2 Å². The third-order valence-corrected chi connectivity index (χ3v) is 3.33. The smallest absolute Gasteiger partial charge is 0.277 e. The van der Waals surface area contributed by atoms with Crippen molar-refractivity contribution in [3.05, 3.63) is 23.8 Å². The molecule has 3 N–H and O–H groups in total. The Kier molecular flexibility index (Phi) is 7.02. The fourth-order valence-electron chi connectivity index (χ4n) is 2.21. The molecule has 5 nitrogen and oxygen atoms in total. The standard InChI is InChI=1S/C16H26N2O3/c1-6-20-14-9-8-13(10-15(14)21-7-2)11(3)18-12(4)16(19)17-5/h8-12,18H,6-7H2,1-5H3,(H,17,19)/p+1/t11-,12+/m1/s1. The third kappa shape index (κ3) is 4.93. The van der Waals surface area contributed by atoms with Gasteiger partial charge in [-0.3, -0.25) is 4.79 Å². The Balaban J connectivity index is 2.86. The van der Waals surface area contributed by atoms with E-state index in [1.54, 1.807) is 7.05 Å². The summed E-state index contributed by atoms with van der Waals surface area (Å²) in [5.74, 6) is 1.54. The van der Waals surface area contributed by atoms with Crippen LogP contribution < -0.4 is 20.1 Å². The summed E-state index contributed by atoms with van der Waals surface area (Å²) < 4.78 is 11.2. The molecule has 118 valence electrons. The first kappa shape index (κ1) is 17.3. The minimum atomic E-state index is -0.132. The predicted molar refractivity (Wildman–Crippen MR) is 82.6 cm³/mol. The van der Waals surface area contributed by atoms with Crippen LogP contribution in [0.4, 0.5) is 0 Å². The van der Waals surface area contributed by atoms with Crippen molar-refractivity contribution in [1.29, 1.82) is 0 Å². The van der Waals surface area contributed by atoms with Gasteiger partial charge in [-0.25, -0.2) is 0 Å². The van der Waals surface area contributed by atoms with Crippen LogP contribution >= 0.6 is 0 Å². The quantitative estimate of drug-likeness (QED) is 0.758. The summed E-state index contributed by atoms with van der Waals surface area (Å²) in [5, 5.41) is 4.70. The van der Waals surface area contributed by atoms with Crippen molar-refractivity contribution in [1.82, 2.24) is 5.32 Å². The molecule has 0 aliphatic rings. The number of hydrogen-bond acceptors (Lipinski definition) is 3. The van der Waals surface area contributed by atoms with Crippen LogP contribution in [0.3, 0.4) is 0 Å². The van der Waals surface area contributed by atoms with E-state index in [2.05, 4.69) is 12.2 Å². The lowest BCUT2D eigenvalue weighted by Gasteiger charge is -2.18. The molecule has 0 saturated heterocycles. The lowest BCUT2D eigenvalue weighted by molar-refractivity contribution is -0.710. The number of rotatable bonds is 8.